The molecule has 0 saturated heterocycles. The average molecular weight is 366 g/mol. The second-order valence-corrected chi connectivity index (χ2v) is 8.79. The highest BCUT2D eigenvalue weighted by atomic mass is 35.5. The molecule has 3 rings (SSSR count). The highest BCUT2D eigenvalue weighted by Gasteiger charge is 2.35. The molecule has 1 aliphatic heterocycles. The van der Waals surface area contributed by atoms with Crippen molar-refractivity contribution in [2.24, 2.45) is 0 Å². The van der Waals surface area contributed by atoms with E-state index < -0.39 is 15.6 Å². The summed E-state index contributed by atoms with van der Waals surface area (Å²) in [5, 5.41) is 0.454. The Balaban J connectivity index is 1.86. The van der Waals surface area contributed by atoms with Crippen molar-refractivity contribution in [3.05, 3.63) is 64.7 Å². The molecule has 1 heterocycles. The van der Waals surface area contributed by atoms with Crippen molar-refractivity contribution in [3.8, 4) is 5.75 Å². The molecular weight excluding hydrogens is 346 g/mol. The summed E-state index contributed by atoms with van der Waals surface area (Å²) in [5.74, 6) is 0.575. The summed E-state index contributed by atoms with van der Waals surface area (Å²) >= 11 is 6.09. The Kier molecular flexibility index (Phi) is 4.60. The molecule has 0 amide bonds. The van der Waals surface area contributed by atoms with E-state index in [-0.39, 0.29) is 11.8 Å². The molecule has 1 N–H and O–H groups in total. The minimum absolute atomic E-state index is 0.146. The van der Waals surface area contributed by atoms with Gasteiger partial charge in [-0.2, -0.15) is 0 Å². The number of para-hydroxylation sites is 1. The van der Waals surface area contributed by atoms with Crippen LogP contribution in [-0.4, -0.2) is 14.0 Å². The topological polar surface area (TPSA) is 55.4 Å². The Morgan fingerprint density at radius 2 is 1.83 bits per heavy atom. The van der Waals surface area contributed by atoms with Gasteiger partial charge in [0.25, 0.3) is 0 Å². The maximum Gasteiger partial charge on any atom is 0.216 e. The number of ether oxygens (including phenoxy) is 1. The van der Waals surface area contributed by atoms with Crippen LogP contribution in [-0.2, 0) is 15.8 Å². The van der Waals surface area contributed by atoms with E-state index in [2.05, 4.69) is 4.72 Å². The molecule has 1 aliphatic rings. The predicted octanol–water partition coefficient (Wildman–Crippen LogP) is 4.06. The van der Waals surface area contributed by atoms with Crippen molar-refractivity contribution in [2.45, 2.75) is 37.7 Å². The molecule has 2 aromatic carbocycles. The van der Waals surface area contributed by atoms with Crippen molar-refractivity contribution in [1.82, 2.24) is 4.72 Å². The van der Waals surface area contributed by atoms with Gasteiger partial charge in [0.2, 0.25) is 10.0 Å². The van der Waals surface area contributed by atoms with E-state index in [1.54, 1.807) is 24.3 Å². The molecule has 0 radical (unpaired) electrons. The van der Waals surface area contributed by atoms with Crippen molar-refractivity contribution in [3.63, 3.8) is 0 Å². The lowest BCUT2D eigenvalue weighted by molar-refractivity contribution is 0.0702. The monoisotopic (exact) mass is 365 g/mol. The maximum absolute atomic E-state index is 12.6. The van der Waals surface area contributed by atoms with Gasteiger partial charge in [0.05, 0.1) is 11.8 Å². The van der Waals surface area contributed by atoms with E-state index in [1.165, 1.54) is 0 Å². The first-order valence-corrected chi connectivity index (χ1v) is 9.80. The molecule has 0 fully saturated rings. The van der Waals surface area contributed by atoms with Crippen molar-refractivity contribution in [1.29, 1.82) is 0 Å². The van der Waals surface area contributed by atoms with E-state index >= 15 is 0 Å². The number of hydrogen-bond acceptors (Lipinski definition) is 3. The molecule has 0 aromatic heterocycles. The van der Waals surface area contributed by atoms with Gasteiger partial charge in [-0.1, -0.05) is 48.0 Å². The van der Waals surface area contributed by atoms with Crippen LogP contribution in [0.15, 0.2) is 48.5 Å². The Hall–Kier alpha value is -1.56. The van der Waals surface area contributed by atoms with Gasteiger partial charge in [0.15, 0.2) is 0 Å². The predicted molar refractivity (Wildman–Crippen MR) is 95.7 cm³/mol. The zero-order valence-electron chi connectivity index (χ0n) is 13.6. The van der Waals surface area contributed by atoms with Gasteiger partial charge in [-0.25, -0.2) is 13.1 Å². The van der Waals surface area contributed by atoms with Gasteiger partial charge < -0.3 is 4.74 Å². The summed E-state index contributed by atoms with van der Waals surface area (Å²) < 4.78 is 34.0. The van der Waals surface area contributed by atoms with Crippen LogP contribution in [0.25, 0.3) is 0 Å². The van der Waals surface area contributed by atoms with Crippen LogP contribution < -0.4 is 9.46 Å². The van der Waals surface area contributed by atoms with Crippen LogP contribution in [0.1, 0.15) is 37.4 Å². The first-order valence-electron chi connectivity index (χ1n) is 7.77. The smallest absolute Gasteiger partial charge is 0.216 e. The Morgan fingerprint density at radius 1 is 1.17 bits per heavy atom. The molecule has 0 saturated carbocycles. The van der Waals surface area contributed by atoms with Crippen LogP contribution in [0.5, 0.6) is 5.75 Å². The summed E-state index contributed by atoms with van der Waals surface area (Å²) in [6.45, 7) is 3.91. The fourth-order valence-corrected chi connectivity index (χ4v) is 4.66. The Morgan fingerprint density at radius 3 is 2.58 bits per heavy atom. The van der Waals surface area contributed by atoms with Gasteiger partial charge in [-0.15, -0.1) is 0 Å². The Bertz CT molecular complexity index is 849. The van der Waals surface area contributed by atoms with Crippen molar-refractivity contribution < 1.29 is 13.2 Å². The molecule has 4 nitrogen and oxygen atoms in total. The normalized spacial score (nSPS) is 19.4. The lowest BCUT2D eigenvalue weighted by Crippen LogP contribution is -2.41. The summed E-state index contributed by atoms with van der Waals surface area (Å²) in [5.41, 5.74) is 1.01. The molecule has 6 heteroatoms. The summed E-state index contributed by atoms with van der Waals surface area (Å²) in [6, 6.07) is 14.2. The SMILES string of the molecule is CC1(C)CC(NS(=O)(=O)Cc2ccccc2Cl)c2ccccc2O1. The van der Waals surface area contributed by atoms with Crippen molar-refractivity contribution in [2.75, 3.05) is 0 Å². The molecule has 1 atom stereocenters. The molecule has 2 aromatic rings. The first-order chi connectivity index (χ1) is 11.3. The number of benzene rings is 2. The number of hydrogen-bond donors (Lipinski definition) is 1. The molecule has 1 unspecified atom stereocenters. The third kappa shape index (κ3) is 3.91. The van der Waals surface area contributed by atoms with Gasteiger partial charge >= 0.3 is 0 Å². The number of halogens is 1. The number of sulfonamides is 1. The molecule has 24 heavy (non-hydrogen) atoms. The molecular formula is C18H20ClNO3S. The van der Waals surface area contributed by atoms with Gasteiger partial charge in [0, 0.05) is 17.0 Å². The number of nitrogens with one attached hydrogen (secondary N) is 1. The van der Waals surface area contributed by atoms with Crippen LogP contribution in [0.2, 0.25) is 5.02 Å². The van der Waals surface area contributed by atoms with Crippen LogP contribution in [0.3, 0.4) is 0 Å². The maximum atomic E-state index is 12.6. The van der Waals surface area contributed by atoms with E-state index in [4.69, 9.17) is 16.3 Å². The van der Waals surface area contributed by atoms with Crippen LogP contribution in [0, 0.1) is 0 Å². The van der Waals surface area contributed by atoms with Crippen LogP contribution >= 0.6 is 11.6 Å². The fraction of sp³-hybridized carbons (Fsp3) is 0.333. The molecule has 128 valence electrons. The second-order valence-electron chi connectivity index (χ2n) is 6.62. The minimum Gasteiger partial charge on any atom is -0.487 e. The largest absolute Gasteiger partial charge is 0.487 e. The zero-order chi connectivity index (χ0) is 17.4. The van der Waals surface area contributed by atoms with E-state index in [0.717, 1.165) is 11.3 Å². The molecule has 0 bridgehead atoms. The summed E-state index contributed by atoms with van der Waals surface area (Å²) in [6.07, 6.45) is 0.561. The highest BCUT2D eigenvalue weighted by Crippen LogP contribution is 2.39. The first kappa shape index (κ1) is 17.3. The third-order valence-electron chi connectivity index (χ3n) is 4.00. The lowest BCUT2D eigenvalue weighted by atomic mass is 9.90. The highest BCUT2D eigenvalue weighted by molar-refractivity contribution is 7.88. The Labute approximate surface area is 147 Å². The van der Waals surface area contributed by atoms with Gasteiger partial charge in [-0.05, 0) is 31.5 Å². The van der Waals surface area contributed by atoms with E-state index in [1.807, 2.05) is 38.1 Å². The fourth-order valence-electron chi connectivity index (χ4n) is 2.99. The average Bonchev–Trinajstić information content (AvgIpc) is 2.48. The number of rotatable bonds is 4. The standard InChI is InChI=1S/C18H20ClNO3S/c1-18(2)11-16(14-8-4-6-10-17(14)23-18)20-24(21,22)12-13-7-3-5-9-15(13)19/h3-10,16,20H,11-12H2,1-2H3. The zero-order valence-corrected chi connectivity index (χ0v) is 15.2. The minimum atomic E-state index is -3.54. The second kappa shape index (κ2) is 6.39. The van der Waals surface area contributed by atoms with E-state index in [0.29, 0.717) is 17.0 Å². The number of fused-ring (bicyclic) bond motifs is 1. The van der Waals surface area contributed by atoms with Gasteiger partial charge in [-0.3, -0.25) is 0 Å². The summed E-state index contributed by atoms with van der Waals surface area (Å²) in [7, 11) is -3.54. The molecule has 0 aliphatic carbocycles. The summed E-state index contributed by atoms with van der Waals surface area (Å²) in [4.78, 5) is 0. The van der Waals surface area contributed by atoms with Crippen molar-refractivity contribution >= 4 is 21.6 Å². The molecule has 0 spiro atoms. The third-order valence-corrected chi connectivity index (χ3v) is 5.70. The lowest BCUT2D eigenvalue weighted by Gasteiger charge is -2.37. The van der Waals surface area contributed by atoms with Crippen LogP contribution in [0.4, 0.5) is 0 Å². The quantitative estimate of drug-likeness (QED) is 0.888. The van der Waals surface area contributed by atoms with E-state index in [9.17, 15) is 8.42 Å². The van der Waals surface area contributed by atoms with Gasteiger partial charge in [0.1, 0.15) is 11.4 Å².